The lowest BCUT2D eigenvalue weighted by Crippen LogP contribution is -1.86. The van der Waals surface area contributed by atoms with Crippen LogP contribution in [0, 0.1) is 0 Å². The third kappa shape index (κ3) is 1.17. The summed E-state index contributed by atoms with van der Waals surface area (Å²) in [6.45, 7) is 4.30. The number of benzene rings is 1. The first-order valence-corrected chi connectivity index (χ1v) is 4.65. The fourth-order valence-electron chi connectivity index (χ4n) is 2.25. The van der Waals surface area contributed by atoms with Gasteiger partial charge in [0.05, 0.1) is 0 Å². The van der Waals surface area contributed by atoms with Crippen LogP contribution in [0.1, 0.15) is 43.2 Å². The average molecular weight is 178 g/mol. The van der Waals surface area contributed by atoms with E-state index in [1.54, 1.807) is 12.1 Å². The van der Waals surface area contributed by atoms with Gasteiger partial charge in [0.1, 0.15) is 0 Å². The summed E-state index contributed by atoms with van der Waals surface area (Å²) in [4.78, 5) is 0. The molecule has 2 rings (SSSR count). The zero-order valence-corrected chi connectivity index (χ0v) is 7.91. The predicted octanol–water partition coefficient (Wildman–Crippen LogP) is 2.71. The van der Waals surface area contributed by atoms with E-state index in [0.717, 1.165) is 6.42 Å². The second kappa shape index (κ2) is 2.66. The van der Waals surface area contributed by atoms with E-state index in [2.05, 4.69) is 13.8 Å². The molecule has 1 aromatic rings. The van der Waals surface area contributed by atoms with Crippen LogP contribution in [0.25, 0.3) is 0 Å². The Kier molecular flexibility index (Phi) is 1.72. The molecule has 1 aliphatic rings. The number of aromatic hydroxyl groups is 2. The number of hydrogen-bond acceptors (Lipinski definition) is 2. The number of phenols is 2. The fourth-order valence-corrected chi connectivity index (χ4v) is 2.25. The van der Waals surface area contributed by atoms with Gasteiger partial charge < -0.3 is 10.2 Å². The highest BCUT2D eigenvalue weighted by atomic mass is 16.3. The van der Waals surface area contributed by atoms with Crippen LogP contribution in [0.2, 0.25) is 0 Å². The molecular formula is C11H14O2. The number of fused-ring (bicyclic) bond motifs is 1. The van der Waals surface area contributed by atoms with Crippen molar-refractivity contribution in [1.82, 2.24) is 0 Å². The van der Waals surface area contributed by atoms with Crippen molar-refractivity contribution in [2.24, 2.45) is 0 Å². The molecule has 0 amide bonds. The molecule has 0 fully saturated rings. The van der Waals surface area contributed by atoms with Gasteiger partial charge in [0.15, 0.2) is 11.5 Å². The molecule has 2 nitrogen and oxygen atoms in total. The molecule has 1 aliphatic carbocycles. The molecule has 0 saturated carbocycles. The molecule has 2 unspecified atom stereocenters. The summed E-state index contributed by atoms with van der Waals surface area (Å²) in [5.41, 5.74) is 2.37. The quantitative estimate of drug-likeness (QED) is 0.600. The van der Waals surface area contributed by atoms with Crippen LogP contribution in [-0.2, 0) is 0 Å². The van der Waals surface area contributed by atoms with Crippen LogP contribution in [0.15, 0.2) is 12.1 Å². The Labute approximate surface area is 77.8 Å². The van der Waals surface area contributed by atoms with Crippen LogP contribution in [0.3, 0.4) is 0 Å². The molecule has 0 saturated heterocycles. The summed E-state index contributed by atoms with van der Waals surface area (Å²) in [6.07, 6.45) is 1.11. The molecule has 0 spiro atoms. The highest BCUT2D eigenvalue weighted by Crippen LogP contribution is 2.45. The van der Waals surface area contributed by atoms with Crippen molar-refractivity contribution in [3.63, 3.8) is 0 Å². The van der Waals surface area contributed by atoms with Gasteiger partial charge in [0.25, 0.3) is 0 Å². The molecule has 13 heavy (non-hydrogen) atoms. The Morgan fingerprint density at radius 1 is 1.00 bits per heavy atom. The minimum absolute atomic E-state index is 0.000278. The van der Waals surface area contributed by atoms with Crippen LogP contribution in [0.5, 0.6) is 11.5 Å². The van der Waals surface area contributed by atoms with Gasteiger partial charge in [-0.3, -0.25) is 0 Å². The summed E-state index contributed by atoms with van der Waals surface area (Å²) < 4.78 is 0. The molecule has 2 N–H and O–H groups in total. The highest BCUT2D eigenvalue weighted by Gasteiger charge is 2.26. The fraction of sp³-hybridized carbons (Fsp3) is 0.455. The zero-order valence-electron chi connectivity index (χ0n) is 7.91. The van der Waals surface area contributed by atoms with E-state index in [1.165, 1.54) is 11.1 Å². The number of hydrogen-bond donors (Lipinski definition) is 2. The van der Waals surface area contributed by atoms with Crippen molar-refractivity contribution in [2.75, 3.05) is 0 Å². The van der Waals surface area contributed by atoms with Crippen molar-refractivity contribution in [3.8, 4) is 11.5 Å². The van der Waals surface area contributed by atoms with Gasteiger partial charge in [-0.15, -0.1) is 0 Å². The SMILES string of the molecule is CC1CC(C)c2cc(O)c(O)cc21. The molecule has 0 heterocycles. The van der Waals surface area contributed by atoms with E-state index in [1.807, 2.05) is 0 Å². The van der Waals surface area contributed by atoms with Crippen molar-refractivity contribution >= 4 is 0 Å². The second-order valence-corrected chi connectivity index (χ2v) is 4.01. The first kappa shape index (κ1) is 8.42. The zero-order chi connectivity index (χ0) is 9.59. The maximum Gasteiger partial charge on any atom is 0.157 e. The Balaban J connectivity index is 2.58. The maximum atomic E-state index is 9.34. The Hall–Kier alpha value is -1.18. The van der Waals surface area contributed by atoms with E-state index < -0.39 is 0 Å². The minimum atomic E-state index is -0.000278. The van der Waals surface area contributed by atoms with Gasteiger partial charge in [-0.1, -0.05) is 13.8 Å². The van der Waals surface area contributed by atoms with E-state index in [9.17, 15) is 10.2 Å². The van der Waals surface area contributed by atoms with E-state index in [-0.39, 0.29) is 11.5 Å². The molecule has 2 heteroatoms. The third-order valence-electron chi connectivity index (χ3n) is 2.95. The number of phenolic OH excluding ortho intramolecular Hbond substituents is 2. The minimum Gasteiger partial charge on any atom is -0.504 e. The van der Waals surface area contributed by atoms with E-state index in [4.69, 9.17) is 0 Å². The topological polar surface area (TPSA) is 40.5 Å². The average Bonchev–Trinajstić information content (AvgIpc) is 2.31. The summed E-state index contributed by atoms with van der Waals surface area (Å²) in [6, 6.07) is 3.39. The van der Waals surface area contributed by atoms with Gasteiger partial charge in [-0.2, -0.15) is 0 Å². The Morgan fingerprint density at radius 2 is 1.38 bits per heavy atom. The molecule has 2 atom stereocenters. The van der Waals surface area contributed by atoms with Crippen LogP contribution >= 0.6 is 0 Å². The lowest BCUT2D eigenvalue weighted by Gasteiger charge is -2.06. The van der Waals surface area contributed by atoms with Gasteiger partial charge in [0.2, 0.25) is 0 Å². The monoisotopic (exact) mass is 178 g/mol. The molecule has 0 bridgehead atoms. The largest absolute Gasteiger partial charge is 0.504 e. The lowest BCUT2D eigenvalue weighted by atomic mass is 10.0. The first-order chi connectivity index (χ1) is 6.09. The molecule has 70 valence electrons. The normalized spacial score (nSPS) is 26.0. The van der Waals surface area contributed by atoms with Crippen LogP contribution in [-0.4, -0.2) is 10.2 Å². The molecule has 0 aliphatic heterocycles. The van der Waals surface area contributed by atoms with Crippen molar-refractivity contribution in [3.05, 3.63) is 23.3 Å². The molecule has 0 aromatic heterocycles. The smallest absolute Gasteiger partial charge is 0.157 e. The van der Waals surface area contributed by atoms with Crippen molar-refractivity contribution < 1.29 is 10.2 Å². The standard InChI is InChI=1S/C11H14O2/c1-6-3-7(2)9-5-11(13)10(12)4-8(6)9/h4-7,12-13H,3H2,1-2H3. The van der Waals surface area contributed by atoms with Gasteiger partial charge in [0, 0.05) is 0 Å². The molecule has 0 radical (unpaired) electrons. The third-order valence-corrected chi connectivity index (χ3v) is 2.95. The summed E-state index contributed by atoms with van der Waals surface area (Å²) >= 11 is 0. The Bertz CT molecular complexity index is 311. The van der Waals surface area contributed by atoms with Gasteiger partial charge in [-0.25, -0.2) is 0 Å². The van der Waals surface area contributed by atoms with Crippen LogP contribution in [0.4, 0.5) is 0 Å². The lowest BCUT2D eigenvalue weighted by molar-refractivity contribution is 0.402. The summed E-state index contributed by atoms with van der Waals surface area (Å²) in [7, 11) is 0. The van der Waals surface area contributed by atoms with E-state index in [0.29, 0.717) is 11.8 Å². The predicted molar refractivity (Wildman–Crippen MR) is 51.2 cm³/mol. The summed E-state index contributed by atoms with van der Waals surface area (Å²) in [5.74, 6) is 0.993. The molecule has 1 aromatic carbocycles. The Morgan fingerprint density at radius 3 is 1.77 bits per heavy atom. The second-order valence-electron chi connectivity index (χ2n) is 4.01. The maximum absolute atomic E-state index is 9.34. The van der Waals surface area contributed by atoms with E-state index >= 15 is 0 Å². The molecular weight excluding hydrogens is 164 g/mol. The van der Waals surface area contributed by atoms with Crippen LogP contribution < -0.4 is 0 Å². The van der Waals surface area contributed by atoms with Gasteiger partial charge >= 0.3 is 0 Å². The summed E-state index contributed by atoms with van der Waals surface area (Å²) in [5, 5.41) is 18.7. The highest BCUT2D eigenvalue weighted by molar-refractivity contribution is 5.50. The first-order valence-electron chi connectivity index (χ1n) is 4.65. The van der Waals surface area contributed by atoms with Crippen molar-refractivity contribution in [1.29, 1.82) is 0 Å². The van der Waals surface area contributed by atoms with Crippen molar-refractivity contribution in [2.45, 2.75) is 32.1 Å². The van der Waals surface area contributed by atoms with Gasteiger partial charge in [-0.05, 0) is 41.5 Å². The number of rotatable bonds is 0.